The molecule has 1 aromatic heterocycles. The zero-order valence-electron chi connectivity index (χ0n) is 12.9. The normalized spacial score (nSPS) is 11.5. The van der Waals surface area contributed by atoms with Gasteiger partial charge in [-0.15, -0.1) is 0 Å². The summed E-state index contributed by atoms with van der Waals surface area (Å²) in [5.41, 5.74) is 5.06. The van der Waals surface area contributed by atoms with Gasteiger partial charge >= 0.3 is 0 Å². The van der Waals surface area contributed by atoms with Crippen LogP contribution < -0.4 is 25.6 Å². The van der Waals surface area contributed by atoms with E-state index in [1.807, 2.05) is 0 Å². The first-order valence-electron chi connectivity index (χ1n) is 7.30. The van der Waals surface area contributed by atoms with Crippen molar-refractivity contribution < 1.29 is 23.9 Å². The summed E-state index contributed by atoms with van der Waals surface area (Å²) in [6.45, 7) is -0.194. The molecule has 25 heavy (non-hydrogen) atoms. The number of aromatic nitrogens is 1. The van der Waals surface area contributed by atoms with Crippen molar-refractivity contribution in [1.82, 2.24) is 21.2 Å². The first-order valence-corrected chi connectivity index (χ1v) is 7.30. The molecule has 0 spiro atoms. The second-order valence-corrected chi connectivity index (χ2v) is 4.99. The minimum Gasteiger partial charge on any atom is -0.454 e. The van der Waals surface area contributed by atoms with Gasteiger partial charge in [0.1, 0.15) is 0 Å². The van der Waals surface area contributed by atoms with Crippen LogP contribution in [0.2, 0.25) is 0 Å². The van der Waals surface area contributed by atoms with Crippen LogP contribution in [0, 0.1) is 0 Å². The second-order valence-electron chi connectivity index (χ2n) is 4.99. The Morgan fingerprint density at radius 1 is 1.00 bits per heavy atom. The number of amides is 3. The average molecular weight is 342 g/mol. The van der Waals surface area contributed by atoms with Crippen LogP contribution in [-0.2, 0) is 4.79 Å². The van der Waals surface area contributed by atoms with E-state index in [4.69, 9.17) is 9.47 Å². The van der Waals surface area contributed by atoms with Crippen molar-refractivity contribution in [3.8, 4) is 11.5 Å². The lowest BCUT2D eigenvalue weighted by atomic mass is 10.2. The maximum atomic E-state index is 12.0. The van der Waals surface area contributed by atoms with E-state index in [0.29, 0.717) is 22.6 Å². The van der Waals surface area contributed by atoms with Gasteiger partial charge in [-0.1, -0.05) is 0 Å². The first kappa shape index (κ1) is 16.2. The smallest absolute Gasteiger partial charge is 0.271 e. The van der Waals surface area contributed by atoms with E-state index in [9.17, 15) is 14.4 Å². The Labute approximate surface area is 142 Å². The topological polar surface area (TPSA) is 119 Å². The fraction of sp³-hybridized carbons (Fsp3) is 0.125. The van der Waals surface area contributed by atoms with Gasteiger partial charge in [-0.3, -0.25) is 30.2 Å². The van der Waals surface area contributed by atoms with Crippen molar-refractivity contribution >= 4 is 17.7 Å². The van der Waals surface area contributed by atoms with Crippen LogP contribution in [0.4, 0.5) is 0 Å². The highest BCUT2D eigenvalue weighted by Crippen LogP contribution is 2.32. The molecule has 0 saturated heterocycles. The predicted molar refractivity (Wildman–Crippen MR) is 84.7 cm³/mol. The Morgan fingerprint density at radius 3 is 2.64 bits per heavy atom. The van der Waals surface area contributed by atoms with Crippen LogP contribution in [0.3, 0.4) is 0 Å². The molecule has 3 amide bonds. The molecule has 2 heterocycles. The molecule has 0 aliphatic carbocycles. The summed E-state index contributed by atoms with van der Waals surface area (Å²) in [7, 11) is 0. The number of carbonyl (C=O) groups excluding carboxylic acids is 3. The molecule has 0 unspecified atom stereocenters. The standard InChI is InChI=1S/C16H14N4O5/c21-14(19-20-16(23)11-2-1-5-17-7-11)8-18-15(22)10-3-4-12-13(6-10)25-9-24-12/h1-7H,8-9H2,(H,18,22)(H,19,21)(H,20,23). The molecule has 0 radical (unpaired) electrons. The molecule has 3 N–H and O–H groups in total. The van der Waals surface area contributed by atoms with Gasteiger partial charge in [-0.25, -0.2) is 0 Å². The van der Waals surface area contributed by atoms with E-state index in [-0.39, 0.29) is 13.3 Å². The number of benzene rings is 1. The quantitative estimate of drug-likeness (QED) is 0.673. The fourth-order valence-electron chi connectivity index (χ4n) is 2.04. The summed E-state index contributed by atoms with van der Waals surface area (Å²) in [6.07, 6.45) is 2.89. The number of carbonyl (C=O) groups is 3. The van der Waals surface area contributed by atoms with E-state index >= 15 is 0 Å². The van der Waals surface area contributed by atoms with Gasteiger partial charge in [0.15, 0.2) is 11.5 Å². The Morgan fingerprint density at radius 2 is 1.84 bits per heavy atom. The van der Waals surface area contributed by atoms with Crippen LogP contribution in [0.5, 0.6) is 11.5 Å². The van der Waals surface area contributed by atoms with E-state index < -0.39 is 17.7 Å². The van der Waals surface area contributed by atoms with Crippen molar-refractivity contribution in [3.63, 3.8) is 0 Å². The van der Waals surface area contributed by atoms with Crippen LogP contribution in [0.15, 0.2) is 42.7 Å². The lowest BCUT2D eigenvalue weighted by Gasteiger charge is -2.08. The van der Waals surface area contributed by atoms with Crippen molar-refractivity contribution in [2.24, 2.45) is 0 Å². The molecular formula is C16H14N4O5. The summed E-state index contributed by atoms with van der Waals surface area (Å²) in [5.74, 6) is -0.504. The minimum atomic E-state index is -0.577. The number of hydrogen-bond acceptors (Lipinski definition) is 6. The van der Waals surface area contributed by atoms with Gasteiger partial charge in [0.05, 0.1) is 12.1 Å². The number of hydrazine groups is 1. The fourth-order valence-corrected chi connectivity index (χ4v) is 2.04. The van der Waals surface area contributed by atoms with Crippen LogP contribution in [0.1, 0.15) is 20.7 Å². The summed E-state index contributed by atoms with van der Waals surface area (Å²) in [4.78, 5) is 39.3. The largest absolute Gasteiger partial charge is 0.454 e. The summed E-state index contributed by atoms with van der Waals surface area (Å²) in [6, 6.07) is 7.86. The Hall–Kier alpha value is -3.62. The molecule has 3 rings (SSSR count). The molecule has 1 aromatic carbocycles. The van der Waals surface area contributed by atoms with E-state index in [1.54, 1.807) is 24.3 Å². The zero-order chi connectivity index (χ0) is 17.6. The molecule has 2 aromatic rings. The minimum absolute atomic E-state index is 0.111. The lowest BCUT2D eigenvalue weighted by molar-refractivity contribution is -0.120. The third-order valence-electron chi connectivity index (χ3n) is 3.28. The number of hydrogen-bond donors (Lipinski definition) is 3. The van der Waals surface area contributed by atoms with Crippen LogP contribution in [-0.4, -0.2) is 36.0 Å². The lowest BCUT2D eigenvalue weighted by Crippen LogP contribution is -2.46. The molecule has 0 atom stereocenters. The highest BCUT2D eigenvalue weighted by Gasteiger charge is 2.16. The van der Waals surface area contributed by atoms with Crippen molar-refractivity contribution in [2.45, 2.75) is 0 Å². The molecule has 1 aliphatic rings. The first-order chi connectivity index (χ1) is 12.1. The third-order valence-corrected chi connectivity index (χ3v) is 3.28. The molecule has 0 fully saturated rings. The van der Waals surface area contributed by atoms with Crippen LogP contribution >= 0.6 is 0 Å². The Bertz CT molecular complexity index is 809. The number of nitrogens with zero attached hydrogens (tertiary/aromatic N) is 1. The highest BCUT2D eigenvalue weighted by molar-refractivity contribution is 5.98. The monoisotopic (exact) mass is 342 g/mol. The summed E-state index contributed by atoms with van der Waals surface area (Å²) >= 11 is 0. The van der Waals surface area contributed by atoms with Gasteiger partial charge in [0.2, 0.25) is 6.79 Å². The van der Waals surface area contributed by atoms with E-state index in [2.05, 4.69) is 21.2 Å². The summed E-state index contributed by atoms with van der Waals surface area (Å²) in [5, 5.41) is 2.44. The average Bonchev–Trinajstić information content (AvgIpc) is 3.12. The molecule has 9 nitrogen and oxygen atoms in total. The summed E-state index contributed by atoms with van der Waals surface area (Å²) < 4.78 is 10.3. The van der Waals surface area contributed by atoms with Crippen molar-refractivity contribution in [1.29, 1.82) is 0 Å². The van der Waals surface area contributed by atoms with Gasteiger partial charge in [-0.05, 0) is 30.3 Å². The van der Waals surface area contributed by atoms with Gasteiger partial charge in [0.25, 0.3) is 17.7 Å². The maximum absolute atomic E-state index is 12.0. The highest BCUT2D eigenvalue weighted by atomic mass is 16.7. The number of nitrogens with one attached hydrogen (secondary N) is 3. The number of fused-ring (bicyclic) bond motifs is 1. The molecule has 128 valence electrons. The second kappa shape index (κ2) is 7.30. The molecule has 0 bridgehead atoms. The number of rotatable bonds is 4. The van der Waals surface area contributed by atoms with Crippen molar-refractivity contribution in [2.75, 3.05) is 13.3 Å². The Kier molecular flexibility index (Phi) is 4.74. The molecule has 9 heteroatoms. The van der Waals surface area contributed by atoms with Gasteiger partial charge < -0.3 is 14.8 Å². The number of pyridine rings is 1. The van der Waals surface area contributed by atoms with Crippen molar-refractivity contribution in [3.05, 3.63) is 53.9 Å². The maximum Gasteiger partial charge on any atom is 0.271 e. The Balaban J connectivity index is 1.46. The number of ether oxygens (including phenoxy) is 2. The van der Waals surface area contributed by atoms with E-state index in [0.717, 1.165) is 0 Å². The SMILES string of the molecule is O=C(CNC(=O)c1ccc2c(c1)OCO2)NNC(=O)c1cccnc1. The molecule has 0 saturated carbocycles. The van der Waals surface area contributed by atoms with Gasteiger partial charge in [0, 0.05) is 18.0 Å². The van der Waals surface area contributed by atoms with E-state index in [1.165, 1.54) is 18.5 Å². The molecule has 1 aliphatic heterocycles. The predicted octanol–water partition coefficient (Wildman–Crippen LogP) is 0.00130. The van der Waals surface area contributed by atoms with Gasteiger partial charge in [-0.2, -0.15) is 0 Å². The third kappa shape index (κ3) is 4.02. The molecular weight excluding hydrogens is 328 g/mol. The van der Waals surface area contributed by atoms with Crippen LogP contribution in [0.25, 0.3) is 0 Å². The zero-order valence-corrected chi connectivity index (χ0v) is 12.9.